The van der Waals surface area contributed by atoms with Gasteiger partial charge in [-0.15, -0.1) is 0 Å². The lowest BCUT2D eigenvalue weighted by molar-refractivity contribution is -0.148. The molecule has 0 aromatic carbocycles. The van der Waals surface area contributed by atoms with Crippen LogP contribution in [0.4, 0.5) is 0 Å². The van der Waals surface area contributed by atoms with Crippen LogP contribution >= 0.6 is 0 Å². The van der Waals surface area contributed by atoms with Crippen molar-refractivity contribution < 1.29 is 29.7 Å². The summed E-state index contributed by atoms with van der Waals surface area (Å²) in [4.78, 5) is 32.6. The van der Waals surface area contributed by atoms with E-state index in [0.717, 1.165) is 37.0 Å². The molecule has 9 nitrogen and oxygen atoms in total. The lowest BCUT2D eigenvalue weighted by Crippen LogP contribution is -2.53. The fourth-order valence-corrected chi connectivity index (χ4v) is 11.3. The van der Waals surface area contributed by atoms with Crippen LogP contribution in [0.25, 0.3) is 0 Å². The second-order valence-corrected chi connectivity index (χ2v) is 16.0. The van der Waals surface area contributed by atoms with Crippen molar-refractivity contribution in [2.75, 3.05) is 19.6 Å². The monoisotopic (exact) mass is 633 g/mol. The maximum absolute atomic E-state index is 10.9. The summed E-state index contributed by atoms with van der Waals surface area (Å²) in [5, 5.41) is 26.9. The van der Waals surface area contributed by atoms with Crippen LogP contribution in [-0.4, -0.2) is 52.9 Å². The predicted octanol–water partition coefficient (Wildman–Crippen LogP) is 6.02. The zero-order valence-corrected chi connectivity index (χ0v) is 27.7. The van der Waals surface area contributed by atoms with Gasteiger partial charge in [-0.3, -0.25) is 14.4 Å². The molecule has 0 aromatic rings. The molecule has 0 spiro atoms. The van der Waals surface area contributed by atoms with Gasteiger partial charge in [0.25, 0.3) is 0 Å². The van der Waals surface area contributed by atoms with E-state index in [0.29, 0.717) is 37.4 Å². The second-order valence-electron chi connectivity index (χ2n) is 16.0. The maximum Gasteiger partial charge on any atom is 0.303 e. The predicted molar refractivity (Wildman–Crippen MR) is 175 cm³/mol. The topological polar surface area (TPSA) is 190 Å². The van der Waals surface area contributed by atoms with Crippen molar-refractivity contribution in [3.63, 3.8) is 0 Å². The molecule has 6 saturated carbocycles. The standard InChI is InChI=1S/3C12H21NO2/c3*13-8-12(7-11(14)15)6-9-4-2-1-3-5-10(9)12/h3*9-10H,1-8,13H2,(H,14,15)/t2*9-,10-,12+;9-,10-,12-/m100/s1. The van der Waals surface area contributed by atoms with Gasteiger partial charge in [-0.05, 0) is 110 Å². The van der Waals surface area contributed by atoms with Gasteiger partial charge in [0, 0.05) is 0 Å². The third-order valence-electron chi connectivity index (χ3n) is 13.6. The Morgan fingerprint density at radius 3 is 0.911 bits per heavy atom. The van der Waals surface area contributed by atoms with Gasteiger partial charge in [0.05, 0.1) is 19.3 Å². The van der Waals surface area contributed by atoms with Crippen LogP contribution in [0.3, 0.4) is 0 Å². The number of hydrogen-bond donors (Lipinski definition) is 6. The van der Waals surface area contributed by atoms with Crippen LogP contribution in [0.15, 0.2) is 0 Å². The highest BCUT2D eigenvalue weighted by atomic mass is 16.4. The maximum atomic E-state index is 10.9. The summed E-state index contributed by atoms with van der Waals surface area (Å²) in [6, 6.07) is 0. The molecule has 0 bridgehead atoms. The van der Waals surface area contributed by atoms with Crippen molar-refractivity contribution in [3.05, 3.63) is 0 Å². The SMILES string of the molecule is NC[C@@]1(CC(=O)O)C[C@@H]2CCCCC[C@@H]21.NC[C@@]1(CC(=O)O)C[C@H]2CCCCC[C@H]21.NC[C@]1(CC(=O)O)C[C@@H]2CCCCC[C@@H]21. The van der Waals surface area contributed by atoms with Crippen molar-refractivity contribution in [1.29, 1.82) is 0 Å². The van der Waals surface area contributed by atoms with Crippen molar-refractivity contribution in [2.45, 2.75) is 135 Å². The summed E-state index contributed by atoms with van der Waals surface area (Å²) in [5.74, 6) is 2.08. The molecule has 0 aromatic heterocycles. The van der Waals surface area contributed by atoms with Gasteiger partial charge in [-0.25, -0.2) is 0 Å². The lowest BCUT2D eigenvalue weighted by Gasteiger charge is -2.54. The summed E-state index contributed by atoms with van der Waals surface area (Å²) in [5.41, 5.74) is 17.3. The highest BCUT2D eigenvalue weighted by Gasteiger charge is 2.55. The van der Waals surface area contributed by atoms with Crippen LogP contribution in [0.1, 0.15) is 135 Å². The molecular formula is C36H63N3O6. The molecule has 258 valence electrons. The van der Waals surface area contributed by atoms with Crippen molar-refractivity contribution in [3.8, 4) is 0 Å². The summed E-state index contributed by atoms with van der Waals surface area (Å²) < 4.78 is 0. The van der Waals surface area contributed by atoms with E-state index in [9.17, 15) is 14.4 Å². The molecule has 9 heteroatoms. The Kier molecular flexibility index (Phi) is 12.8. The van der Waals surface area contributed by atoms with E-state index in [1.165, 1.54) is 96.3 Å². The Morgan fingerprint density at radius 1 is 0.444 bits per heavy atom. The van der Waals surface area contributed by atoms with Crippen LogP contribution in [-0.2, 0) is 14.4 Å². The van der Waals surface area contributed by atoms with E-state index in [1.807, 2.05) is 0 Å². The molecule has 0 amide bonds. The van der Waals surface area contributed by atoms with Crippen LogP contribution in [0.5, 0.6) is 0 Å². The van der Waals surface area contributed by atoms with Gasteiger partial charge in [0.15, 0.2) is 0 Å². The number of nitrogens with two attached hydrogens (primary N) is 3. The van der Waals surface area contributed by atoms with E-state index >= 15 is 0 Å². The summed E-state index contributed by atoms with van der Waals surface area (Å²) in [6.45, 7) is 1.67. The number of carbonyl (C=O) groups is 3. The quantitative estimate of drug-likeness (QED) is 0.176. The van der Waals surface area contributed by atoms with Gasteiger partial charge >= 0.3 is 17.9 Å². The van der Waals surface area contributed by atoms with E-state index in [2.05, 4.69) is 0 Å². The third kappa shape index (κ3) is 8.24. The largest absolute Gasteiger partial charge is 0.481 e. The highest BCUT2D eigenvalue weighted by Crippen LogP contribution is 2.59. The first kappa shape index (κ1) is 36.1. The second kappa shape index (κ2) is 15.9. The first-order chi connectivity index (χ1) is 21.5. The van der Waals surface area contributed by atoms with Crippen molar-refractivity contribution >= 4 is 17.9 Å². The molecule has 6 fully saturated rings. The normalized spacial score (nSPS) is 40.1. The minimum absolute atomic E-state index is 0.0547. The Bertz CT molecular complexity index is 886. The van der Waals surface area contributed by atoms with Crippen LogP contribution < -0.4 is 17.2 Å². The molecule has 6 aliphatic carbocycles. The summed E-state index contributed by atoms with van der Waals surface area (Å²) in [7, 11) is 0. The number of fused-ring (bicyclic) bond motifs is 3. The molecule has 6 rings (SSSR count). The molecule has 6 aliphatic rings. The average molecular weight is 634 g/mol. The number of aliphatic carboxylic acids is 3. The summed E-state index contributed by atoms with van der Waals surface area (Å²) in [6.07, 6.45) is 23.3. The number of carboxylic acid groups (broad SMARTS) is 3. The molecule has 0 saturated heterocycles. The molecule has 0 radical (unpaired) electrons. The van der Waals surface area contributed by atoms with Crippen LogP contribution in [0.2, 0.25) is 0 Å². The van der Waals surface area contributed by atoms with E-state index in [1.54, 1.807) is 0 Å². The smallest absolute Gasteiger partial charge is 0.303 e. The van der Waals surface area contributed by atoms with Gasteiger partial charge < -0.3 is 32.5 Å². The first-order valence-corrected chi connectivity index (χ1v) is 18.3. The Hall–Kier alpha value is -1.71. The Labute approximate surface area is 270 Å². The molecule has 0 unspecified atom stereocenters. The zero-order chi connectivity index (χ0) is 32.7. The van der Waals surface area contributed by atoms with Crippen molar-refractivity contribution in [1.82, 2.24) is 0 Å². The highest BCUT2D eigenvalue weighted by molar-refractivity contribution is 5.69. The minimum Gasteiger partial charge on any atom is -0.481 e. The van der Waals surface area contributed by atoms with Gasteiger partial charge in [0.1, 0.15) is 0 Å². The van der Waals surface area contributed by atoms with Gasteiger partial charge in [0.2, 0.25) is 0 Å². The first-order valence-electron chi connectivity index (χ1n) is 18.3. The third-order valence-corrected chi connectivity index (χ3v) is 13.6. The Morgan fingerprint density at radius 2 is 0.689 bits per heavy atom. The number of hydrogen-bond acceptors (Lipinski definition) is 6. The lowest BCUT2D eigenvalue weighted by atomic mass is 9.51. The zero-order valence-electron chi connectivity index (χ0n) is 27.7. The number of rotatable bonds is 9. The van der Waals surface area contributed by atoms with Gasteiger partial charge in [-0.2, -0.15) is 0 Å². The minimum atomic E-state index is -0.678. The Balaban J connectivity index is 0.000000154. The number of carboxylic acids is 3. The van der Waals surface area contributed by atoms with Gasteiger partial charge in [-0.1, -0.05) is 77.0 Å². The molecule has 9 atom stereocenters. The summed E-state index contributed by atoms with van der Waals surface area (Å²) >= 11 is 0. The molecular weight excluding hydrogens is 570 g/mol. The van der Waals surface area contributed by atoms with Crippen LogP contribution in [0, 0.1) is 51.8 Å². The molecule has 0 aliphatic heterocycles. The van der Waals surface area contributed by atoms with E-state index in [4.69, 9.17) is 32.5 Å². The van der Waals surface area contributed by atoms with E-state index < -0.39 is 17.9 Å². The van der Waals surface area contributed by atoms with E-state index in [-0.39, 0.29) is 35.5 Å². The fourth-order valence-electron chi connectivity index (χ4n) is 11.3. The molecule has 0 heterocycles. The molecule has 9 N–H and O–H groups in total. The van der Waals surface area contributed by atoms with Crippen molar-refractivity contribution in [2.24, 2.45) is 69.0 Å². The fraction of sp³-hybridized carbons (Fsp3) is 0.917. The molecule has 45 heavy (non-hydrogen) atoms. The average Bonchev–Trinajstić information content (AvgIpc) is 3.40.